The van der Waals surface area contributed by atoms with Crippen LogP contribution in [0, 0.1) is 56.2 Å². The zero-order valence-corrected chi connectivity index (χ0v) is 77.7. The molecule has 3 radical (unpaired) electrons. The first kappa shape index (κ1) is 107. The number of hydrogen-bond acceptors (Lipinski definition) is 24. The SMILES string of the molecule is C.C.CC(C)(C)OC(=O)N[C@@H](c1ccccc1)[C@@H](OCc1ccccc1)C(=O)O.CC1=C2[C@@H](OC(=O)CCl)C(=O)[C@@]3(C)C([C@H](C)[C@](O)(C[C@@H]1O)C2(C)C)[C@]1(C)CO[C@@H]1C[C@@H]3OC(=O)CCl.CC1=C2[C@@H](OC(=O)CCl)C(=O)[C@@]3(C)C([C@H](C)[C@](O)(C[C@@H]1OC(=O)[C@H](OCc1ccccc1)[C@@H](NC(=O)OC(C)(C)C)c1ccccc1)C2(C)C)[C@]1(C)CO[C@@H]1C[C@@H]3OC(=O)CCl.[B]. The van der Waals surface area contributed by atoms with Crippen molar-refractivity contribution in [2.45, 2.75) is 274 Å². The van der Waals surface area contributed by atoms with Crippen molar-refractivity contribution < 1.29 is 120 Å². The summed E-state index contributed by atoms with van der Waals surface area (Å²) in [5, 5.41) is 52.2. The number of carbonyl (C=O) groups excluding carboxylic acids is 9. The number of alkyl carbamates (subject to hydrolysis) is 2. The van der Waals surface area contributed by atoms with Crippen molar-refractivity contribution in [3.05, 3.63) is 166 Å². The molecule has 6 aliphatic carbocycles. The fraction of sp³-hybridized carbons (Fsp3) is 0.604. The van der Waals surface area contributed by atoms with Crippen LogP contribution in [0.5, 0.6) is 0 Å². The minimum Gasteiger partial charge on any atom is -0.479 e. The third-order valence-corrected chi connectivity index (χ3v) is 28.4. The van der Waals surface area contributed by atoms with Gasteiger partial charge < -0.3 is 83.2 Å². The first-order valence-corrected chi connectivity index (χ1v) is 44.3. The van der Waals surface area contributed by atoms with Crippen LogP contribution in [0.3, 0.4) is 0 Å². The van der Waals surface area contributed by atoms with Crippen LogP contribution in [-0.4, -0.2) is 209 Å². The molecule has 128 heavy (non-hydrogen) atoms. The molecular formula is C96H128BCl4N2O25. The highest BCUT2D eigenvalue weighted by Gasteiger charge is 2.77. The number of esters is 5. The van der Waals surface area contributed by atoms with E-state index in [0.29, 0.717) is 34.5 Å². The number of carbonyl (C=O) groups is 10. The van der Waals surface area contributed by atoms with Gasteiger partial charge in [-0.2, -0.15) is 0 Å². The lowest BCUT2D eigenvalue weighted by Crippen LogP contribution is -2.75. The monoisotopic (exact) mass is 1860 g/mol. The number of ketones is 2. The van der Waals surface area contributed by atoms with Crippen molar-refractivity contribution in [3.8, 4) is 0 Å². The summed E-state index contributed by atoms with van der Waals surface area (Å²) in [4.78, 5) is 134. The van der Waals surface area contributed by atoms with Gasteiger partial charge in [-0.1, -0.05) is 192 Å². The Kier molecular flexibility index (Phi) is 35.0. The van der Waals surface area contributed by atoms with Gasteiger partial charge in [-0.05, 0) is 137 Å². The number of ether oxygens (including phenoxy) is 11. The number of rotatable bonds is 23. The highest BCUT2D eigenvalue weighted by atomic mass is 35.5. The predicted octanol–water partition coefficient (Wildman–Crippen LogP) is 14.8. The maximum atomic E-state index is 15.6. The fourth-order valence-corrected chi connectivity index (χ4v) is 21.6. The molecule has 2 aliphatic heterocycles. The lowest BCUT2D eigenvalue weighted by atomic mass is 9.40. The zero-order chi connectivity index (χ0) is 92.4. The van der Waals surface area contributed by atoms with Gasteiger partial charge in [0.25, 0.3) is 0 Å². The second-order valence-corrected chi connectivity index (χ2v) is 39.2. The van der Waals surface area contributed by atoms with Crippen LogP contribution < -0.4 is 10.6 Å². The Hall–Kier alpha value is -8.00. The van der Waals surface area contributed by atoms with Crippen LogP contribution in [-0.2, 0) is 104 Å². The molecule has 2 amide bonds. The van der Waals surface area contributed by atoms with Crippen LogP contribution in [0.4, 0.5) is 9.59 Å². The third-order valence-electron chi connectivity index (χ3n) is 27.5. The number of nitrogens with one attached hydrogen (secondary N) is 2. The van der Waals surface area contributed by atoms with Gasteiger partial charge in [0.15, 0.2) is 36.0 Å². The molecule has 4 aromatic carbocycles. The van der Waals surface area contributed by atoms with Crippen LogP contribution in [0.1, 0.15) is 200 Å². The second-order valence-electron chi connectivity index (χ2n) is 38.1. The number of benzene rings is 4. The third kappa shape index (κ3) is 21.2. The van der Waals surface area contributed by atoms with Crippen LogP contribution in [0.15, 0.2) is 144 Å². The Morgan fingerprint density at radius 2 is 0.820 bits per heavy atom. The maximum Gasteiger partial charge on any atom is 0.408 e. The quantitative estimate of drug-likeness (QED) is 0.0132. The Bertz CT molecular complexity index is 4680. The molecule has 6 fully saturated rings. The van der Waals surface area contributed by atoms with Gasteiger partial charge in [0.05, 0.1) is 78.9 Å². The van der Waals surface area contributed by atoms with Crippen LogP contribution in [0.2, 0.25) is 0 Å². The standard InChI is InChI=1S/C47H59Cl2NO12.C26H36Cl2O8.C21H25NO5.2CH4.B/c1-26-30(59-41(54)38(57-24-28-16-12-10-13-17-28)36(29-18-14-11-15-19-29)50-42(55)62-43(3,4)5)21-47(56)27(2)39-45(8)25-58-31(45)20-32(60-33(51)22-48)46(39,9)40(53)37(61-34(52)23-49)35(26)44(47,6)7;1-12-14(29)8-26(33)13(2)21-24(5)11-34-15(24)7-16(35-17(30)9-27)25(21,6)22(32)20(36-18(31)10-28)19(12)23(26,3)4;1-21(2,3)27-20(25)22-17(16-12-8-5-9-13-16)18(19(23)24)26-14-15-10-6-4-7-11-15;;;/h10-19,27,30-32,36-39,56H,20-25H2,1-9H3,(H,50,55);13-16,20-21,29,33H,7-11H2,1-6H3;4-13,17-18H,14H2,1-3H3,(H,22,25)(H,23,24);2*1H4;/t27-,30-,31+,32-,36-,37+,38+,39?,45+,46+,47+;13-,14-,15+,16-,20+,21?,24+,25+,26+;17-,18+;;;/m000.../s1. The van der Waals surface area contributed by atoms with E-state index in [2.05, 4.69) is 10.6 Å². The summed E-state index contributed by atoms with van der Waals surface area (Å²) >= 11 is 23.5. The molecule has 2 unspecified atom stereocenters. The van der Waals surface area contributed by atoms with Crippen molar-refractivity contribution in [1.82, 2.24) is 10.6 Å². The lowest BCUT2D eigenvalue weighted by molar-refractivity contribution is -0.304. The number of Topliss-reactive ketones (excluding diaryl/α,β-unsaturated/α-hetero) is 2. The second kappa shape index (κ2) is 41.8. The van der Waals surface area contributed by atoms with Crippen molar-refractivity contribution in [2.75, 3.05) is 36.7 Å². The van der Waals surface area contributed by atoms with Gasteiger partial charge >= 0.3 is 48.0 Å². The van der Waals surface area contributed by atoms with E-state index in [9.17, 15) is 63.6 Å². The molecule has 4 bridgehead atoms. The van der Waals surface area contributed by atoms with E-state index in [1.807, 2.05) is 108 Å². The number of aliphatic hydroxyl groups is 3. The summed E-state index contributed by atoms with van der Waals surface area (Å²) in [6.45, 7) is 32.8. The highest BCUT2D eigenvalue weighted by Crippen LogP contribution is 2.70. The average Bonchev–Trinajstić information content (AvgIpc) is 0.675. The van der Waals surface area contributed by atoms with Gasteiger partial charge in [0, 0.05) is 55.8 Å². The van der Waals surface area contributed by atoms with E-state index in [1.54, 1.807) is 138 Å². The summed E-state index contributed by atoms with van der Waals surface area (Å²) in [5.41, 5.74) is -7.10. The van der Waals surface area contributed by atoms with Crippen LogP contribution in [0.25, 0.3) is 0 Å². The predicted molar refractivity (Wildman–Crippen MR) is 481 cm³/mol. The summed E-state index contributed by atoms with van der Waals surface area (Å²) in [6, 6.07) is 34.1. The van der Waals surface area contributed by atoms with E-state index in [-0.39, 0.29) is 86.3 Å². The molecule has 2 saturated heterocycles. The molecule has 0 aromatic heterocycles. The van der Waals surface area contributed by atoms with Crippen molar-refractivity contribution in [2.24, 2.45) is 56.2 Å². The summed E-state index contributed by atoms with van der Waals surface area (Å²) in [5.74, 6) is -10.6. The first-order chi connectivity index (χ1) is 58.4. The summed E-state index contributed by atoms with van der Waals surface area (Å²) < 4.78 is 64.9. The van der Waals surface area contributed by atoms with E-state index in [4.69, 9.17) is 98.5 Å². The Morgan fingerprint density at radius 3 is 1.16 bits per heavy atom. The largest absolute Gasteiger partial charge is 0.479 e. The van der Waals surface area contributed by atoms with Crippen molar-refractivity contribution in [3.63, 3.8) is 0 Å². The van der Waals surface area contributed by atoms with Crippen molar-refractivity contribution >= 4 is 114 Å². The fourth-order valence-electron chi connectivity index (χ4n) is 21.4. The molecule has 0 spiro atoms. The Morgan fingerprint density at radius 1 is 0.492 bits per heavy atom. The minimum absolute atomic E-state index is 0. The molecule has 703 valence electrons. The van der Waals surface area contributed by atoms with Gasteiger partial charge in [-0.15, -0.1) is 46.4 Å². The summed E-state index contributed by atoms with van der Waals surface area (Å²) in [7, 11) is 0. The van der Waals surface area contributed by atoms with Gasteiger partial charge in [-0.25, -0.2) is 19.2 Å². The van der Waals surface area contributed by atoms with Gasteiger partial charge in [-0.3, -0.25) is 28.8 Å². The number of fused-ring (bicyclic) bond motifs is 10. The Balaban J connectivity index is 0.000000287. The maximum absolute atomic E-state index is 15.6. The molecule has 27 nitrogen and oxygen atoms in total. The minimum atomic E-state index is -1.76. The molecular weight excluding hydrogens is 1730 g/mol. The number of amides is 2. The molecule has 4 aromatic rings. The molecule has 8 aliphatic rings. The lowest BCUT2D eigenvalue weighted by Gasteiger charge is -2.68. The van der Waals surface area contributed by atoms with E-state index < -0.39 is 223 Å². The summed E-state index contributed by atoms with van der Waals surface area (Å²) in [6.07, 6.45) is -11.9. The number of carboxylic acids is 1. The average molecular weight is 1860 g/mol. The van der Waals surface area contributed by atoms with Gasteiger partial charge in [0.1, 0.15) is 53.0 Å². The first-order valence-electron chi connectivity index (χ1n) is 42.1. The molecule has 4 saturated carbocycles. The molecule has 32 heteroatoms. The number of aliphatic hydroxyl groups excluding tert-OH is 1. The highest BCUT2D eigenvalue weighted by molar-refractivity contribution is 6.27. The number of alkyl halides is 4. The smallest absolute Gasteiger partial charge is 0.408 e. The molecule has 12 rings (SSSR count). The van der Waals surface area contributed by atoms with E-state index in [0.717, 1.165) is 11.1 Å². The normalized spacial score (nSPS) is 31.3. The molecule has 2 heterocycles. The van der Waals surface area contributed by atoms with E-state index >= 15 is 4.79 Å². The Labute approximate surface area is 773 Å². The molecule has 6 N–H and O–H groups in total. The number of carboxylic acid groups (broad SMARTS) is 1. The van der Waals surface area contributed by atoms with E-state index in [1.165, 1.54) is 0 Å². The number of hydrogen-bond donors (Lipinski definition) is 6. The topological polar surface area (TPSA) is 377 Å². The zero-order valence-electron chi connectivity index (χ0n) is 74.7. The number of aliphatic carboxylic acids is 1. The van der Waals surface area contributed by atoms with Crippen molar-refractivity contribution in [1.29, 1.82) is 0 Å². The molecule has 22 atom stereocenters. The number of halogens is 4. The van der Waals surface area contributed by atoms with Crippen LogP contribution >= 0.6 is 46.4 Å². The van der Waals surface area contributed by atoms with Gasteiger partial charge in [0.2, 0.25) is 0 Å².